The summed E-state index contributed by atoms with van der Waals surface area (Å²) in [5.74, 6) is -1.96. The molecule has 0 aliphatic carbocycles. The third kappa shape index (κ3) is 4.85. The van der Waals surface area contributed by atoms with E-state index >= 15 is 0 Å². The number of aromatic amines is 1. The van der Waals surface area contributed by atoms with Crippen LogP contribution in [0.1, 0.15) is 40.4 Å². The van der Waals surface area contributed by atoms with Crippen LogP contribution >= 0.6 is 0 Å². The largest absolute Gasteiger partial charge is 0.494 e. The molecule has 0 saturated carbocycles. The van der Waals surface area contributed by atoms with Gasteiger partial charge >= 0.3 is 6.18 Å². The van der Waals surface area contributed by atoms with Crippen molar-refractivity contribution >= 4 is 16.8 Å². The molecular formula is C24H20F5N5O2. The number of aromatic nitrogens is 3. The number of pyridine rings is 1. The topological polar surface area (TPSA) is 106 Å². The maximum absolute atomic E-state index is 13.9. The zero-order valence-corrected chi connectivity index (χ0v) is 19.0. The number of carbonyl (C=O) groups is 1. The number of alkyl halides is 3. The second-order valence-corrected chi connectivity index (χ2v) is 7.96. The Balaban J connectivity index is 1.73. The number of methoxy groups -OCH3 is 1. The highest BCUT2D eigenvalue weighted by Crippen LogP contribution is 2.36. The summed E-state index contributed by atoms with van der Waals surface area (Å²) in [6, 6.07) is 7.39. The average Bonchev–Trinajstić information content (AvgIpc) is 3.27. The molecule has 0 unspecified atom stereocenters. The molecule has 4 rings (SSSR count). The van der Waals surface area contributed by atoms with Crippen LogP contribution < -0.4 is 15.8 Å². The summed E-state index contributed by atoms with van der Waals surface area (Å²) in [6.45, 7) is 1.37. The van der Waals surface area contributed by atoms with Gasteiger partial charge in [0.25, 0.3) is 5.91 Å². The number of nitrogens with two attached hydrogens (primary N) is 1. The Hall–Kier alpha value is -4.06. The molecule has 0 bridgehead atoms. The monoisotopic (exact) mass is 505 g/mol. The summed E-state index contributed by atoms with van der Waals surface area (Å²) in [4.78, 5) is 23.9. The molecule has 4 N–H and O–H groups in total. The van der Waals surface area contributed by atoms with E-state index in [0.717, 1.165) is 12.1 Å². The highest BCUT2D eigenvalue weighted by molar-refractivity contribution is 5.98. The number of rotatable bonds is 6. The molecule has 0 fully saturated rings. The first kappa shape index (κ1) is 25.0. The standard InChI is InChI=1S/C24H20F5N5O2/c1-11(30)19-21(23(35)31-10-12-3-4-13(25)9-16(12)26)34-22(33-19)15-5-7-17(36-2)20-14(15)6-8-18(32-20)24(27,28)29/h3-9,11H,10,30H2,1-2H3,(H,31,35)(H,33,34)/t11-/m0/s1. The van der Waals surface area contributed by atoms with Crippen LogP contribution in [0.2, 0.25) is 0 Å². The van der Waals surface area contributed by atoms with E-state index in [1.165, 1.54) is 25.3 Å². The average molecular weight is 505 g/mol. The van der Waals surface area contributed by atoms with Gasteiger partial charge in [0.1, 0.15) is 34.4 Å². The Labute approximate surface area is 201 Å². The lowest BCUT2D eigenvalue weighted by Gasteiger charge is -2.11. The molecule has 36 heavy (non-hydrogen) atoms. The van der Waals surface area contributed by atoms with E-state index in [4.69, 9.17) is 10.5 Å². The van der Waals surface area contributed by atoms with Crippen molar-refractivity contribution in [3.05, 3.63) is 76.7 Å². The van der Waals surface area contributed by atoms with E-state index in [-0.39, 0.29) is 40.6 Å². The first-order valence-corrected chi connectivity index (χ1v) is 10.6. The van der Waals surface area contributed by atoms with Gasteiger partial charge in [0.15, 0.2) is 5.69 Å². The fraction of sp³-hybridized carbons (Fsp3) is 0.208. The molecule has 0 spiro atoms. The Morgan fingerprint density at radius 3 is 2.53 bits per heavy atom. The van der Waals surface area contributed by atoms with Gasteiger partial charge in [-0.2, -0.15) is 13.2 Å². The molecule has 188 valence electrons. The molecule has 12 heteroatoms. The minimum absolute atomic E-state index is 0.0404. The molecule has 2 aromatic heterocycles. The van der Waals surface area contributed by atoms with E-state index in [2.05, 4.69) is 20.3 Å². The fourth-order valence-corrected chi connectivity index (χ4v) is 3.66. The number of hydrogen-bond donors (Lipinski definition) is 3. The van der Waals surface area contributed by atoms with Gasteiger partial charge in [-0.05, 0) is 37.3 Å². The Morgan fingerprint density at radius 1 is 1.14 bits per heavy atom. The molecule has 0 aliphatic rings. The van der Waals surface area contributed by atoms with Crippen molar-refractivity contribution in [2.45, 2.75) is 25.7 Å². The van der Waals surface area contributed by atoms with Crippen molar-refractivity contribution in [1.82, 2.24) is 20.3 Å². The number of carbonyl (C=O) groups excluding carboxylic acids is 1. The second-order valence-electron chi connectivity index (χ2n) is 7.96. The number of fused-ring (bicyclic) bond motifs is 1. The summed E-state index contributed by atoms with van der Waals surface area (Å²) in [6.07, 6.45) is -4.66. The number of imidazole rings is 1. The highest BCUT2D eigenvalue weighted by atomic mass is 19.4. The van der Waals surface area contributed by atoms with Crippen molar-refractivity contribution in [1.29, 1.82) is 0 Å². The number of ether oxygens (including phenoxy) is 1. The first-order valence-electron chi connectivity index (χ1n) is 10.6. The summed E-state index contributed by atoms with van der Waals surface area (Å²) in [5.41, 5.74) is 5.48. The van der Waals surface area contributed by atoms with Gasteiger partial charge in [-0.25, -0.2) is 18.7 Å². The Kier molecular flexibility index (Phi) is 6.63. The van der Waals surface area contributed by atoms with Crippen molar-refractivity contribution in [2.24, 2.45) is 5.73 Å². The predicted octanol–water partition coefficient (Wildman–Crippen LogP) is 4.88. The summed E-state index contributed by atoms with van der Waals surface area (Å²) in [7, 11) is 1.31. The number of nitrogens with zero attached hydrogens (tertiary/aromatic N) is 2. The number of H-pyrrole nitrogens is 1. The smallest absolute Gasteiger partial charge is 0.433 e. The maximum atomic E-state index is 13.9. The van der Waals surface area contributed by atoms with Crippen molar-refractivity contribution in [3.8, 4) is 17.1 Å². The van der Waals surface area contributed by atoms with Gasteiger partial charge in [-0.3, -0.25) is 4.79 Å². The van der Waals surface area contributed by atoms with Crippen LogP contribution in [0.15, 0.2) is 42.5 Å². The zero-order chi connectivity index (χ0) is 26.2. The van der Waals surface area contributed by atoms with E-state index in [0.29, 0.717) is 17.0 Å². The number of amides is 1. The quantitative estimate of drug-likeness (QED) is 0.324. The van der Waals surface area contributed by atoms with Crippen LogP contribution in [0, 0.1) is 11.6 Å². The predicted molar refractivity (Wildman–Crippen MR) is 121 cm³/mol. The van der Waals surface area contributed by atoms with Gasteiger partial charge < -0.3 is 20.8 Å². The van der Waals surface area contributed by atoms with Crippen molar-refractivity contribution in [2.75, 3.05) is 7.11 Å². The van der Waals surface area contributed by atoms with Crippen LogP contribution in [0.5, 0.6) is 5.75 Å². The van der Waals surface area contributed by atoms with Crippen LogP contribution in [0.3, 0.4) is 0 Å². The molecule has 7 nitrogen and oxygen atoms in total. The van der Waals surface area contributed by atoms with Crippen molar-refractivity contribution in [3.63, 3.8) is 0 Å². The molecule has 0 aliphatic heterocycles. The molecule has 1 amide bonds. The van der Waals surface area contributed by atoms with Crippen LogP contribution in [-0.2, 0) is 12.7 Å². The van der Waals surface area contributed by atoms with E-state index < -0.39 is 35.5 Å². The lowest BCUT2D eigenvalue weighted by molar-refractivity contribution is -0.140. The lowest BCUT2D eigenvalue weighted by Crippen LogP contribution is -2.26. The summed E-state index contributed by atoms with van der Waals surface area (Å²) in [5, 5.41) is 2.82. The third-order valence-corrected chi connectivity index (χ3v) is 5.44. The third-order valence-electron chi connectivity index (χ3n) is 5.44. The first-order chi connectivity index (χ1) is 17.0. The molecule has 1 atom stereocenters. The molecule has 2 aromatic carbocycles. The summed E-state index contributed by atoms with van der Waals surface area (Å²) >= 11 is 0. The minimum Gasteiger partial charge on any atom is -0.494 e. The maximum Gasteiger partial charge on any atom is 0.433 e. The Morgan fingerprint density at radius 2 is 1.89 bits per heavy atom. The summed E-state index contributed by atoms with van der Waals surface area (Å²) < 4.78 is 71.9. The van der Waals surface area contributed by atoms with Gasteiger partial charge in [0.2, 0.25) is 0 Å². The molecular weight excluding hydrogens is 485 g/mol. The molecule has 0 saturated heterocycles. The van der Waals surface area contributed by atoms with Gasteiger partial charge in [-0.1, -0.05) is 6.07 Å². The van der Waals surface area contributed by atoms with Gasteiger partial charge in [-0.15, -0.1) is 0 Å². The van der Waals surface area contributed by atoms with Crippen LogP contribution in [-0.4, -0.2) is 28.0 Å². The highest BCUT2D eigenvalue weighted by Gasteiger charge is 2.33. The van der Waals surface area contributed by atoms with E-state index in [1.807, 2.05) is 0 Å². The van der Waals surface area contributed by atoms with Crippen LogP contribution in [0.25, 0.3) is 22.3 Å². The van der Waals surface area contributed by atoms with Gasteiger partial charge in [0, 0.05) is 35.2 Å². The van der Waals surface area contributed by atoms with E-state index in [1.54, 1.807) is 13.0 Å². The lowest BCUT2D eigenvalue weighted by atomic mass is 10.1. The van der Waals surface area contributed by atoms with Gasteiger partial charge in [0.05, 0.1) is 12.8 Å². The fourth-order valence-electron chi connectivity index (χ4n) is 3.66. The normalized spacial score (nSPS) is 12.6. The molecule has 0 radical (unpaired) electrons. The number of halogens is 5. The van der Waals surface area contributed by atoms with Crippen LogP contribution in [0.4, 0.5) is 22.0 Å². The second kappa shape index (κ2) is 9.53. The van der Waals surface area contributed by atoms with Crippen molar-refractivity contribution < 1.29 is 31.5 Å². The minimum atomic E-state index is -4.66. The zero-order valence-electron chi connectivity index (χ0n) is 19.0. The Bertz CT molecular complexity index is 1450. The molecule has 2 heterocycles. The number of benzene rings is 2. The SMILES string of the molecule is COc1ccc(-c2nc(C(=O)NCc3ccc(F)cc3F)c([C@H](C)N)[nH]2)c2ccc(C(F)(F)F)nc12. The number of hydrogen-bond acceptors (Lipinski definition) is 5. The number of nitrogens with one attached hydrogen (secondary N) is 2. The van der Waals surface area contributed by atoms with E-state index in [9.17, 15) is 26.7 Å². The molecule has 4 aromatic rings.